The molecule has 1 N–H and O–H groups in total. The van der Waals surface area contributed by atoms with Crippen LogP contribution in [0.5, 0.6) is 0 Å². The van der Waals surface area contributed by atoms with Gasteiger partial charge in [0.05, 0.1) is 18.6 Å². The first-order chi connectivity index (χ1) is 7.57. The van der Waals surface area contributed by atoms with Crippen LogP contribution < -0.4 is 0 Å². The van der Waals surface area contributed by atoms with Crippen LogP contribution in [0.4, 0.5) is 4.79 Å². The van der Waals surface area contributed by atoms with Gasteiger partial charge < -0.3 is 19.5 Å². The minimum atomic E-state index is -0.943. The Morgan fingerprint density at radius 1 is 1.69 bits per heavy atom. The van der Waals surface area contributed by atoms with Gasteiger partial charge in [0.2, 0.25) is 0 Å². The van der Waals surface area contributed by atoms with E-state index in [1.165, 1.54) is 4.90 Å². The summed E-state index contributed by atoms with van der Waals surface area (Å²) in [6.07, 6.45) is 5.01. The summed E-state index contributed by atoms with van der Waals surface area (Å²) in [5, 5.41) is 8.91. The SMILES string of the molecule is C#CC1CN(C(=O)O)CCC12OCC(C)O2. The average molecular weight is 225 g/mol. The number of piperidine rings is 1. The van der Waals surface area contributed by atoms with E-state index in [4.69, 9.17) is 21.0 Å². The smallest absolute Gasteiger partial charge is 0.407 e. The van der Waals surface area contributed by atoms with E-state index >= 15 is 0 Å². The highest BCUT2D eigenvalue weighted by atomic mass is 16.7. The molecular weight excluding hydrogens is 210 g/mol. The maximum absolute atomic E-state index is 10.9. The molecule has 16 heavy (non-hydrogen) atoms. The molecule has 5 heteroatoms. The molecule has 88 valence electrons. The molecule has 0 aromatic rings. The number of likely N-dealkylation sites (tertiary alicyclic amines) is 1. The first-order valence-corrected chi connectivity index (χ1v) is 5.33. The minimum Gasteiger partial charge on any atom is -0.465 e. The molecule has 2 aliphatic heterocycles. The maximum atomic E-state index is 10.9. The van der Waals surface area contributed by atoms with Crippen LogP contribution in [0.2, 0.25) is 0 Å². The lowest BCUT2D eigenvalue weighted by Crippen LogP contribution is -2.53. The molecule has 1 spiro atoms. The molecule has 0 saturated carbocycles. The largest absolute Gasteiger partial charge is 0.465 e. The van der Waals surface area contributed by atoms with Gasteiger partial charge >= 0.3 is 6.09 Å². The van der Waals surface area contributed by atoms with Crippen LogP contribution in [0.1, 0.15) is 13.3 Å². The Morgan fingerprint density at radius 3 is 2.94 bits per heavy atom. The van der Waals surface area contributed by atoms with Crippen molar-refractivity contribution < 1.29 is 19.4 Å². The lowest BCUT2D eigenvalue weighted by Gasteiger charge is -2.40. The fourth-order valence-electron chi connectivity index (χ4n) is 2.25. The number of hydrogen-bond donors (Lipinski definition) is 1. The molecule has 1 amide bonds. The van der Waals surface area contributed by atoms with Crippen LogP contribution in [-0.2, 0) is 9.47 Å². The van der Waals surface area contributed by atoms with Gasteiger partial charge in [-0.15, -0.1) is 6.42 Å². The number of carboxylic acid groups (broad SMARTS) is 1. The third kappa shape index (κ3) is 1.75. The highest BCUT2D eigenvalue weighted by Gasteiger charge is 2.50. The molecule has 0 radical (unpaired) electrons. The standard InChI is InChI=1S/C11H15NO4/c1-3-9-6-12(10(13)14)5-4-11(9)15-7-8(2)16-11/h1,8-9H,4-7H2,2H3,(H,13,14). The molecule has 0 aromatic heterocycles. The van der Waals surface area contributed by atoms with Gasteiger partial charge in [-0.3, -0.25) is 0 Å². The number of terminal acetylenes is 1. The van der Waals surface area contributed by atoms with E-state index in [0.29, 0.717) is 19.6 Å². The molecule has 2 saturated heterocycles. The molecule has 5 nitrogen and oxygen atoms in total. The van der Waals surface area contributed by atoms with Crippen molar-refractivity contribution in [3.05, 3.63) is 0 Å². The van der Waals surface area contributed by atoms with Crippen LogP contribution in [0.3, 0.4) is 0 Å². The second kappa shape index (κ2) is 3.96. The number of ether oxygens (including phenoxy) is 2. The van der Waals surface area contributed by atoms with Crippen LogP contribution in [-0.4, -0.2) is 47.7 Å². The van der Waals surface area contributed by atoms with E-state index in [1.807, 2.05) is 6.92 Å². The normalized spacial score (nSPS) is 38.6. The van der Waals surface area contributed by atoms with E-state index in [0.717, 1.165) is 0 Å². The molecule has 2 rings (SSSR count). The van der Waals surface area contributed by atoms with Gasteiger partial charge in [-0.1, -0.05) is 5.92 Å². The molecule has 3 atom stereocenters. The number of rotatable bonds is 0. The zero-order valence-electron chi connectivity index (χ0n) is 9.18. The molecule has 2 heterocycles. The lowest BCUT2D eigenvalue weighted by molar-refractivity contribution is -0.211. The third-order valence-electron chi connectivity index (χ3n) is 3.10. The summed E-state index contributed by atoms with van der Waals surface area (Å²) in [4.78, 5) is 12.2. The summed E-state index contributed by atoms with van der Waals surface area (Å²) < 4.78 is 11.4. The Hall–Kier alpha value is -1.25. The first-order valence-electron chi connectivity index (χ1n) is 5.33. The quantitative estimate of drug-likeness (QED) is 0.618. The minimum absolute atomic E-state index is 0.0206. The van der Waals surface area contributed by atoms with Crippen LogP contribution >= 0.6 is 0 Å². The first kappa shape index (κ1) is 11.2. The van der Waals surface area contributed by atoms with Gasteiger partial charge in [0, 0.05) is 19.5 Å². The van der Waals surface area contributed by atoms with Gasteiger partial charge in [-0.25, -0.2) is 4.79 Å². The average Bonchev–Trinajstić information content (AvgIpc) is 2.61. The topological polar surface area (TPSA) is 59.0 Å². The highest BCUT2D eigenvalue weighted by Crippen LogP contribution is 2.37. The van der Waals surface area contributed by atoms with Crippen LogP contribution in [0, 0.1) is 18.3 Å². The zero-order valence-corrected chi connectivity index (χ0v) is 9.18. The Bertz CT molecular complexity index is 337. The number of hydrogen-bond acceptors (Lipinski definition) is 3. The van der Waals surface area contributed by atoms with Crippen molar-refractivity contribution >= 4 is 6.09 Å². The second-order valence-corrected chi connectivity index (χ2v) is 4.25. The van der Waals surface area contributed by atoms with E-state index in [-0.39, 0.29) is 18.6 Å². The van der Waals surface area contributed by atoms with E-state index < -0.39 is 11.9 Å². The predicted octanol–water partition coefficient (Wildman–Crippen LogP) is 0.751. The zero-order chi connectivity index (χ0) is 11.8. The lowest BCUT2D eigenvalue weighted by atomic mass is 9.91. The maximum Gasteiger partial charge on any atom is 0.407 e. The summed E-state index contributed by atoms with van der Waals surface area (Å²) in [6, 6.07) is 0. The summed E-state index contributed by atoms with van der Waals surface area (Å²) in [6.45, 7) is 3.12. The number of nitrogens with zero attached hydrogens (tertiary/aromatic N) is 1. The molecule has 0 aromatic carbocycles. The molecular formula is C11H15NO4. The molecule has 2 fully saturated rings. The van der Waals surface area contributed by atoms with Gasteiger partial charge in [-0.2, -0.15) is 0 Å². The van der Waals surface area contributed by atoms with Crippen molar-refractivity contribution in [2.75, 3.05) is 19.7 Å². The van der Waals surface area contributed by atoms with Gasteiger partial charge in [-0.05, 0) is 6.92 Å². The van der Waals surface area contributed by atoms with Crippen molar-refractivity contribution in [2.24, 2.45) is 5.92 Å². The Kier molecular flexibility index (Phi) is 2.78. The number of carbonyl (C=O) groups is 1. The van der Waals surface area contributed by atoms with E-state index in [2.05, 4.69) is 5.92 Å². The summed E-state index contributed by atoms with van der Waals surface area (Å²) in [5.74, 6) is 1.49. The van der Waals surface area contributed by atoms with Crippen molar-refractivity contribution in [1.82, 2.24) is 4.90 Å². The summed E-state index contributed by atoms with van der Waals surface area (Å²) >= 11 is 0. The number of amides is 1. The third-order valence-corrected chi connectivity index (χ3v) is 3.10. The van der Waals surface area contributed by atoms with Crippen molar-refractivity contribution in [3.8, 4) is 12.3 Å². The molecule has 0 aliphatic carbocycles. The van der Waals surface area contributed by atoms with Crippen molar-refractivity contribution in [2.45, 2.75) is 25.2 Å². The molecule has 3 unspecified atom stereocenters. The fourth-order valence-corrected chi connectivity index (χ4v) is 2.25. The Balaban J connectivity index is 2.13. The fraction of sp³-hybridized carbons (Fsp3) is 0.727. The van der Waals surface area contributed by atoms with Crippen LogP contribution in [0.15, 0.2) is 0 Å². The van der Waals surface area contributed by atoms with Gasteiger partial charge in [0.1, 0.15) is 0 Å². The summed E-state index contributed by atoms with van der Waals surface area (Å²) in [7, 11) is 0. The second-order valence-electron chi connectivity index (χ2n) is 4.25. The Morgan fingerprint density at radius 2 is 2.44 bits per heavy atom. The summed E-state index contributed by atoms with van der Waals surface area (Å²) in [5.41, 5.74) is 0. The van der Waals surface area contributed by atoms with Crippen molar-refractivity contribution in [1.29, 1.82) is 0 Å². The van der Waals surface area contributed by atoms with E-state index in [1.54, 1.807) is 0 Å². The van der Waals surface area contributed by atoms with E-state index in [9.17, 15) is 4.79 Å². The monoisotopic (exact) mass is 225 g/mol. The van der Waals surface area contributed by atoms with Gasteiger partial charge in [0.15, 0.2) is 5.79 Å². The Labute approximate surface area is 94.3 Å². The van der Waals surface area contributed by atoms with Crippen LogP contribution in [0.25, 0.3) is 0 Å². The predicted molar refractivity (Wildman–Crippen MR) is 55.8 cm³/mol. The van der Waals surface area contributed by atoms with Crippen molar-refractivity contribution in [3.63, 3.8) is 0 Å². The van der Waals surface area contributed by atoms with Gasteiger partial charge in [0.25, 0.3) is 0 Å². The molecule has 2 aliphatic rings. The highest BCUT2D eigenvalue weighted by molar-refractivity contribution is 5.65. The molecule has 0 bridgehead atoms.